The number of carbonyl (C=O) groups is 1. The molecule has 0 aromatic heterocycles. The number of hydrogen-bond acceptors (Lipinski definition) is 5. The zero-order valence-corrected chi connectivity index (χ0v) is 13.8. The van der Waals surface area contributed by atoms with Gasteiger partial charge >= 0.3 is 5.97 Å². The van der Waals surface area contributed by atoms with Crippen molar-refractivity contribution in [2.24, 2.45) is 0 Å². The van der Waals surface area contributed by atoms with Crippen molar-refractivity contribution in [1.82, 2.24) is 0 Å². The molecule has 2 heterocycles. The minimum atomic E-state index is -1.07. The zero-order chi connectivity index (χ0) is 15.9. The molecule has 2 fully saturated rings. The Morgan fingerprint density at radius 3 is 2.52 bits per heavy atom. The molecule has 2 saturated heterocycles. The van der Waals surface area contributed by atoms with E-state index < -0.39 is 17.3 Å². The molecule has 0 amide bonds. The third-order valence-electron chi connectivity index (χ3n) is 4.74. The first-order chi connectivity index (χ1) is 9.54. The molecule has 21 heavy (non-hydrogen) atoms. The van der Waals surface area contributed by atoms with Crippen molar-refractivity contribution in [2.45, 2.75) is 89.3 Å². The summed E-state index contributed by atoms with van der Waals surface area (Å²) < 4.78 is 17.4. The summed E-state index contributed by atoms with van der Waals surface area (Å²) in [5.41, 5.74) is -1.72. The first-order valence-corrected chi connectivity index (χ1v) is 7.75. The Hall–Kier alpha value is -0.650. The second-order valence-corrected chi connectivity index (χ2v) is 7.50. The molecule has 5 nitrogen and oxygen atoms in total. The Kier molecular flexibility index (Phi) is 4.40. The first kappa shape index (κ1) is 16.7. The average Bonchev–Trinajstić information content (AvgIpc) is 2.41. The quantitative estimate of drug-likeness (QED) is 0.792. The van der Waals surface area contributed by atoms with Gasteiger partial charge in [0, 0.05) is 13.3 Å². The van der Waals surface area contributed by atoms with Crippen LogP contribution in [0.4, 0.5) is 0 Å². The van der Waals surface area contributed by atoms with Crippen molar-refractivity contribution >= 4 is 5.97 Å². The molecule has 0 radical (unpaired) electrons. The van der Waals surface area contributed by atoms with Crippen LogP contribution in [0.2, 0.25) is 0 Å². The van der Waals surface area contributed by atoms with Crippen molar-refractivity contribution in [1.29, 1.82) is 0 Å². The average molecular weight is 300 g/mol. The number of carbonyl (C=O) groups excluding carboxylic acids is 1. The number of ether oxygens (including phenoxy) is 3. The van der Waals surface area contributed by atoms with Gasteiger partial charge in [-0.1, -0.05) is 0 Å². The van der Waals surface area contributed by atoms with Gasteiger partial charge in [0.05, 0.1) is 22.9 Å². The third kappa shape index (κ3) is 3.76. The summed E-state index contributed by atoms with van der Waals surface area (Å²) in [7, 11) is 0. The summed E-state index contributed by atoms with van der Waals surface area (Å²) in [6, 6.07) is 0. The number of fused-ring (bicyclic) bond motifs is 1. The van der Waals surface area contributed by atoms with Gasteiger partial charge in [-0.3, -0.25) is 4.79 Å². The Balaban J connectivity index is 2.16. The van der Waals surface area contributed by atoms with E-state index in [0.717, 1.165) is 19.3 Å². The zero-order valence-electron chi connectivity index (χ0n) is 13.8. The van der Waals surface area contributed by atoms with Crippen LogP contribution in [0.1, 0.15) is 60.3 Å². The second-order valence-electron chi connectivity index (χ2n) is 7.50. The van der Waals surface area contributed by atoms with Crippen LogP contribution >= 0.6 is 0 Å². The third-order valence-corrected chi connectivity index (χ3v) is 4.74. The van der Waals surface area contributed by atoms with Gasteiger partial charge in [-0.15, -0.1) is 0 Å². The minimum absolute atomic E-state index is 0.0774. The molecular formula is C16H28O5. The van der Waals surface area contributed by atoms with Crippen LogP contribution in [-0.2, 0) is 19.0 Å². The highest BCUT2D eigenvalue weighted by atomic mass is 16.6. The predicted molar refractivity (Wildman–Crippen MR) is 78.0 cm³/mol. The minimum Gasteiger partial charge on any atom is -0.463 e. The van der Waals surface area contributed by atoms with Gasteiger partial charge in [-0.2, -0.15) is 0 Å². The van der Waals surface area contributed by atoms with Gasteiger partial charge in [0.2, 0.25) is 0 Å². The SMILES string of the molecule is CC(=O)OC[C@H]1O[C@@]2(C)CCCC(C)(C)O[C@@H]2C[C@]1(C)O. The van der Waals surface area contributed by atoms with Gasteiger partial charge in [-0.05, 0) is 47.0 Å². The predicted octanol–water partition coefficient (Wildman–Crippen LogP) is 2.20. The lowest BCUT2D eigenvalue weighted by Crippen LogP contribution is -2.62. The maximum atomic E-state index is 11.0. The van der Waals surface area contributed by atoms with Crippen LogP contribution in [0.3, 0.4) is 0 Å². The molecule has 0 aromatic carbocycles. The van der Waals surface area contributed by atoms with E-state index >= 15 is 0 Å². The Morgan fingerprint density at radius 2 is 1.90 bits per heavy atom. The molecule has 2 aliphatic heterocycles. The maximum absolute atomic E-state index is 11.0. The molecule has 0 unspecified atom stereocenters. The van der Waals surface area contributed by atoms with E-state index in [1.807, 2.05) is 6.92 Å². The first-order valence-electron chi connectivity index (χ1n) is 7.75. The topological polar surface area (TPSA) is 65.0 Å². The normalized spacial score (nSPS) is 42.8. The molecule has 1 N–H and O–H groups in total. The highest BCUT2D eigenvalue weighted by Gasteiger charge is 2.53. The fourth-order valence-electron chi connectivity index (χ4n) is 3.35. The molecule has 122 valence electrons. The largest absolute Gasteiger partial charge is 0.463 e. The summed E-state index contributed by atoms with van der Waals surface area (Å²) in [6.07, 6.45) is 2.68. The number of hydrogen-bond donors (Lipinski definition) is 1. The lowest BCUT2D eigenvalue weighted by molar-refractivity contribution is -0.279. The molecular weight excluding hydrogens is 272 g/mol. The number of esters is 1. The van der Waals surface area contributed by atoms with Crippen molar-refractivity contribution in [3.8, 4) is 0 Å². The lowest BCUT2D eigenvalue weighted by Gasteiger charge is -2.50. The number of aliphatic hydroxyl groups is 1. The van der Waals surface area contributed by atoms with Gasteiger partial charge in [-0.25, -0.2) is 0 Å². The summed E-state index contributed by atoms with van der Waals surface area (Å²) in [6.45, 7) is 9.36. The van der Waals surface area contributed by atoms with E-state index in [0.29, 0.717) is 6.42 Å². The van der Waals surface area contributed by atoms with Gasteiger partial charge in [0.1, 0.15) is 12.7 Å². The van der Waals surface area contributed by atoms with E-state index in [-0.39, 0.29) is 24.3 Å². The Labute approximate surface area is 126 Å². The van der Waals surface area contributed by atoms with E-state index in [2.05, 4.69) is 13.8 Å². The van der Waals surface area contributed by atoms with E-state index in [4.69, 9.17) is 14.2 Å². The monoisotopic (exact) mass is 300 g/mol. The van der Waals surface area contributed by atoms with E-state index in [1.165, 1.54) is 6.92 Å². The van der Waals surface area contributed by atoms with Gasteiger partial charge in [0.15, 0.2) is 0 Å². The standard InChI is InChI=1S/C16H28O5/c1-11(17)19-10-13-15(4,18)9-12-16(5,21-13)8-6-7-14(2,3)20-12/h12-13,18H,6-10H2,1-5H3/t12-,13-,15+,16+/m1/s1. The number of rotatable bonds is 2. The fraction of sp³-hybridized carbons (Fsp3) is 0.938. The fourth-order valence-corrected chi connectivity index (χ4v) is 3.35. The van der Waals surface area contributed by atoms with E-state index in [1.54, 1.807) is 6.92 Å². The summed E-state index contributed by atoms with van der Waals surface area (Å²) in [5.74, 6) is -0.361. The molecule has 2 rings (SSSR count). The maximum Gasteiger partial charge on any atom is 0.302 e. The molecule has 4 atom stereocenters. The van der Waals surface area contributed by atoms with Crippen molar-refractivity contribution in [3.63, 3.8) is 0 Å². The molecule has 0 spiro atoms. The molecule has 5 heteroatoms. The van der Waals surface area contributed by atoms with Crippen molar-refractivity contribution < 1.29 is 24.1 Å². The summed E-state index contributed by atoms with van der Waals surface area (Å²) >= 11 is 0. The van der Waals surface area contributed by atoms with Crippen LogP contribution < -0.4 is 0 Å². The highest BCUT2D eigenvalue weighted by Crippen LogP contribution is 2.44. The second kappa shape index (κ2) is 5.52. The lowest BCUT2D eigenvalue weighted by atomic mass is 9.79. The van der Waals surface area contributed by atoms with E-state index in [9.17, 15) is 9.90 Å². The van der Waals surface area contributed by atoms with Gasteiger partial charge < -0.3 is 19.3 Å². The molecule has 0 aliphatic carbocycles. The Bertz CT molecular complexity index is 403. The summed E-state index contributed by atoms with van der Waals surface area (Å²) in [4.78, 5) is 11.0. The molecule has 0 aromatic rings. The van der Waals surface area contributed by atoms with Crippen LogP contribution in [0.25, 0.3) is 0 Å². The molecule has 0 saturated carbocycles. The summed E-state index contributed by atoms with van der Waals surface area (Å²) in [5, 5.41) is 10.7. The smallest absolute Gasteiger partial charge is 0.302 e. The Morgan fingerprint density at radius 1 is 1.24 bits per heavy atom. The van der Waals surface area contributed by atoms with Crippen LogP contribution in [0.5, 0.6) is 0 Å². The van der Waals surface area contributed by atoms with Crippen molar-refractivity contribution in [2.75, 3.05) is 6.61 Å². The van der Waals surface area contributed by atoms with Crippen LogP contribution in [0, 0.1) is 0 Å². The molecule has 2 aliphatic rings. The van der Waals surface area contributed by atoms with Crippen LogP contribution in [-0.4, -0.2) is 46.7 Å². The van der Waals surface area contributed by atoms with Crippen LogP contribution in [0.15, 0.2) is 0 Å². The molecule has 0 bridgehead atoms. The van der Waals surface area contributed by atoms with Crippen molar-refractivity contribution in [3.05, 3.63) is 0 Å². The van der Waals surface area contributed by atoms with Gasteiger partial charge in [0.25, 0.3) is 0 Å². The highest BCUT2D eigenvalue weighted by molar-refractivity contribution is 5.65.